The number of hydrogen-bond acceptors (Lipinski definition) is 4. The first-order valence-electron chi connectivity index (χ1n) is 8.47. The van der Waals surface area contributed by atoms with E-state index < -0.39 is 5.91 Å². The van der Waals surface area contributed by atoms with Crippen molar-refractivity contribution in [2.45, 2.75) is 6.54 Å². The van der Waals surface area contributed by atoms with E-state index in [0.29, 0.717) is 6.54 Å². The standard InChI is InChI=1S/C22H19N3O2/c1-27-19-11-9-16(10-12-19)14-25-22(26)18(13-23)15-24-21-8-4-6-17-5-2-3-7-20(17)21/h2-12,15,24H,14H2,1H3,(H,25,26)/b18-15-. The molecule has 134 valence electrons. The van der Waals surface area contributed by atoms with E-state index >= 15 is 0 Å². The van der Waals surface area contributed by atoms with E-state index in [-0.39, 0.29) is 5.57 Å². The van der Waals surface area contributed by atoms with Gasteiger partial charge in [0.15, 0.2) is 0 Å². The minimum absolute atomic E-state index is 0.0106. The molecular formula is C22H19N3O2. The first-order valence-corrected chi connectivity index (χ1v) is 8.47. The van der Waals surface area contributed by atoms with Gasteiger partial charge in [-0.1, -0.05) is 48.5 Å². The zero-order valence-corrected chi connectivity index (χ0v) is 14.9. The van der Waals surface area contributed by atoms with Crippen LogP contribution in [0.4, 0.5) is 5.69 Å². The number of nitrogens with one attached hydrogen (secondary N) is 2. The third-order valence-electron chi connectivity index (χ3n) is 4.14. The van der Waals surface area contributed by atoms with E-state index in [1.165, 1.54) is 6.20 Å². The Morgan fingerprint density at radius 1 is 1.07 bits per heavy atom. The number of hydrogen-bond donors (Lipinski definition) is 2. The minimum atomic E-state index is -0.430. The fourth-order valence-corrected chi connectivity index (χ4v) is 2.67. The van der Waals surface area contributed by atoms with E-state index in [2.05, 4.69) is 10.6 Å². The summed E-state index contributed by atoms with van der Waals surface area (Å²) in [4.78, 5) is 12.3. The van der Waals surface area contributed by atoms with Crippen LogP contribution in [0.1, 0.15) is 5.56 Å². The van der Waals surface area contributed by atoms with Crippen LogP contribution in [0.3, 0.4) is 0 Å². The third-order valence-corrected chi connectivity index (χ3v) is 4.14. The molecule has 0 unspecified atom stereocenters. The lowest BCUT2D eigenvalue weighted by molar-refractivity contribution is -0.117. The second kappa shape index (κ2) is 8.54. The Morgan fingerprint density at radius 2 is 1.81 bits per heavy atom. The first kappa shape index (κ1) is 18.0. The number of fused-ring (bicyclic) bond motifs is 1. The van der Waals surface area contributed by atoms with Crippen LogP contribution in [-0.4, -0.2) is 13.0 Å². The SMILES string of the molecule is COc1ccc(CNC(=O)/C(C#N)=C\Nc2cccc3ccccc23)cc1. The van der Waals surface area contributed by atoms with Crippen molar-refractivity contribution in [3.8, 4) is 11.8 Å². The summed E-state index contributed by atoms with van der Waals surface area (Å²) in [6.45, 7) is 0.329. The van der Waals surface area contributed by atoms with Crippen LogP contribution < -0.4 is 15.4 Å². The molecule has 3 rings (SSSR count). The number of amides is 1. The number of ether oxygens (including phenoxy) is 1. The smallest absolute Gasteiger partial charge is 0.263 e. The summed E-state index contributed by atoms with van der Waals surface area (Å²) >= 11 is 0. The van der Waals surface area contributed by atoms with Crippen molar-refractivity contribution in [2.24, 2.45) is 0 Å². The normalized spacial score (nSPS) is 10.9. The molecule has 0 aliphatic carbocycles. The van der Waals surface area contributed by atoms with E-state index in [1.54, 1.807) is 7.11 Å². The maximum Gasteiger partial charge on any atom is 0.263 e. The highest BCUT2D eigenvalue weighted by Crippen LogP contribution is 2.23. The van der Waals surface area contributed by atoms with Gasteiger partial charge in [-0.2, -0.15) is 5.26 Å². The van der Waals surface area contributed by atoms with Crippen molar-refractivity contribution < 1.29 is 9.53 Å². The quantitative estimate of drug-likeness (QED) is 0.517. The van der Waals surface area contributed by atoms with Gasteiger partial charge in [-0.25, -0.2) is 0 Å². The molecule has 5 nitrogen and oxygen atoms in total. The number of carbonyl (C=O) groups is 1. The molecule has 3 aromatic rings. The molecule has 0 spiro atoms. The van der Waals surface area contributed by atoms with Gasteiger partial charge in [0.25, 0.3) is 5.91 Å². The fourth-order valence-electron chi connectivity index (χ4n) is 2.67. The molecule has 27 heavy (non-hydrogen) atoms. The molecule has 0 saturated carbocycles. The second-order valence-corrected chi connectivity index (χ2v) is 5.87. The number of rotatable bonds is 6. The lowest BCUT2D eigenvalue weighted by Gasteiger charge is -2.08. The molecule has 3 aromatic carbocycles. The number of nitriles is 1. The number of benzene rings is 3. The lowest BCUT2D eigenvalue weighted by atomic mass is 10.1. The number of nitrogens with zero attached hydrogens (tertiary/aromatic N) is 1. The van der Waals surface area contributed by atoms with Crippen LogP contribution in [0.5, 0.6) is 5.75 Å². The van der Waals surface area contributed by atoms with E-state index in [9.17, 15) is 10.1 Å². The van der Waals surface area contributed by atoms with E-state index in [0.717, 1.165) is 27.8 Å². The molecule has 0 bridgehead atoms. The average molecular weight is 357 g/mol. The fraction of sp³-hybridized carbons (Fsp3) is 0.0909. The monoisotopic (exact) mass is 357 g/mol. The number of anilines is 1. The third kappa shape index (κ3) is 4.44. The summed E-state index contributed by atoms with van der Waals surface area (Å²) in [6, 6.07) is 23.1. The summed E-state index contributed by atoms with van der Waals surface area (Å²) in [5, 5.41) is 17.2. The van der Waals surface area contributed by atoms with Gasteiger partial charge >= 0.3 is 0 Å². The molecule has 0 heterocycles. The summed E-state index contributed by atoms with van der Waals surface area (Å²) in [7, 11) is 1.60. The Balaban J connectivity index is 1.68. The average Bonchev–Trinajstić information content (AvgIpc) is 2.73. The van der Waals surface area contributed by atoms with Crippen molar-refractivity contribution in [3.63, 3.8) is 0 Å². The number of methoxy groups -OCH3 is 1. The molecule has 0 radical (unpaired) electrons. The molecule has 0 atom stereocenters. The maximum absolute atomic E-state index is 12.3. The summed E-state index contributed by atoms with van der Waals surface area (Å²) in [5.74, 6) is 0.322. The predicted octanol–water partition coefficient (Wildman–Crippen LogP) is 3.98. The molecule has 0 aromatic heterocycles. The topological polar surface area (TPSA) is 74.1 Å². The largest absolute Gasteiger partial charge is 0.497 e. The Hall–Kier alpha value is -3.78. The van der Waals surface area contributed by atoms with Gasteiger partial charge in [-0.15, -0.1) is 0 Å². The molecule has 1 amide bonds. The summed E-state index contributed by atoms with van der Waals surface area (Å²) < 4.78 is 5.11. The van der Waals surface area contributed by atoms with Crippen molar-refractivity contribution in [2.75, 3.05) is 12.4 Å². The molecular weight excluding hydrogens is 338 g/mol. The van der Waals surface area contributed by atoms with Crippen molar-refractivity contribution in [1.82, 2.24) is 5.32 Å². The Kier molecular flexibility index (Phi) is 5.70. The first-order chi connectivity index (χ1) is 13.2. The highest BCUT2D eigenvalue weighted by molar-refractivity contribution is 5.98. The lowest BCUT2D eigenvalue weighted by Crippen LogP contribution is -2.24. The molecule has 0 aliphatic heterocycles. The maximum atomic E-state index is 12.3. The molecule has 0 aliphatic rings. The highest BCUT2D eigenvalue weighted by atomic mass is 16.5. The van der Waals surface area contributed by atoms with Gasteiger partial charge in [0.2, 0.25) is 0 Å². The zero-order valence-electron chi connectivity index (χ0n) is 14.9. The zero-order chi connectivity index (χ0) is 19.1. The van der Waals surface area contributed by atoms with Gasteiger partial charge in [0.05, 0.1) is 7.11 Å². The van der Waals surface area contributed by atoms with Gasteiger partial charge in [0.1, 0.15) is 17.4 Å². The van der Waals surface area contributed by atoms with Crippen LogP contribution in [0.15, 0.2) is 78.5 Å². The second-order valence-electron chi connectivity index (χ2n) is 5.87. The molecule has 0 saturated heterocycles. The summed E-state index contributed by atoms with van der Waals surface area (Å²) in [5.41, 5.74) is 1.77. The Morgan fingerprint density at radius 3 is 2.56 bits per heavy atom. The van der Waals surface area contributed by atoms with Crippen LogP contribution in [-0.2, 0) is 11.3 Å². The molecule has 2 N–H and O–H groups in total. The summed E-state index contributed by atoms with van der Waals surface area (Å²) in [6.07, 6.45) is 1.44. The van der Waals surface area contributed by atoms with Crippen molar-refractivity contribution in [3.05, 3.63) is 84.1 Å². The number of carbonyl (C=O) groups excluding carboxylic acids is 1. The van der Waals surface area contributed by atoms with Gasteiger partial charge in [-0.05, 0) is 29.1 Å². The van der Waals surface area contributed by atoms with Crippen LogP contribution >= 0.6 is 0 Å². The van der Waals surface area contributed by atoms with Gasteiger partial charge < -0.3 is 15.4 Å². The van der Waals surface area contributed by atoms with Gasteiger partial charge in [-0.3, -0.25) is 4.79 Å². The minimum Gasteiger partial charge on any atom is -0.497 e. The molecule has 0 fully saturated rings. The van der Waals surface area contributed by atoms with Crippen LogP contribution in [0, 0.1) is 11.3 Å². The van der Waals surface area contributed by atoms with E-state index in [1.807, 2.05) is 72.8 Å². The van der Waals surface area contributed by atoms with Crippen LogP contribution in [0.2, 0.25) is 0 Å². The van der Waals surface area contributed by atoms with Gasteiger partial charge in [0, 0.05) is 23.8 Å². The molecule has 5 heteroatoms. The van der Waals surface area contributed by atoms with E-state index in [4.69, 9.17) is 4.74 Å². The van der Waals surface area contributed by atoms with Crippen molar-refractivity contribution >= 4 is 22.4 Å². The Labute approximate surface area is 157 Å². The predicted molar refractivity (Wildman–Crippen MR) is 106 cm³/mol. The van der Waals surface area contributed by atoms with Crippen molar-refractivity contribution in [1.29, 1.82) is 5.26 Å². The van der Waals surface area contributed by atoms with Crippen LogP contribution in [0.25, 0.3) is 10.8 Å². The highest BCUT2D eigenvalue weighted by Gasteiger charge is 2.09. The Bertz CT molecular complexity index is 1010.